The van der Waals surface area contributed by atoms with Crippen molar-refractivity contribution in [2.45, 2.75) is 93.7 Å². The van der Waals surface area contributed by atoms with Gasteiger partial charge in [0.2, 0.25) is 5.95 Å². The number of halogens is 3. The normalized spacial score (nSPS) is 24.6. The maximum Gasteiger partial charge on any atom is 0.420 e. The lowest BCUT2D eigenvalue weighted by Gasteiger charge is -2.45. The number of ether oxygens (including phenoxy) is 1. The van der Waals surface area contributed by atoms with E-state index in [0.29, 0.717) is 17.4 Å². The number of aromatic nitrogens is 2. The smallest absolute Gasteiger partial charge is 0.371 e. The Bertz CT molecular complexity index is 1740. The number of carbonyl (C=O) groups excluding carboxylic acids is 1. The number of nitrogens with one attached hydrogen (secondary N) is 1. The van der Waals surface area contributed by atoms with Crippen LogP contribution in [0, 0.1) is 0 Å². The monoisotopic (exact) mass is 671 g/mol. The van der Waals surface area contributed by atoms with Gasteiger partial charge in [0.1, 0.15) is 10.4 Å². The fraction of sp³-hybridized carbons (Fsp3) is 0.545. The van der Waals surface area contributed by atoms with Gasteiger partial charge in [0.25, 0.3) is 5.91 Å². The highest BCUT2D eigenvalue weighted by molar-refractivity contribution is 7.85. The number of thiophene rings is 1. The predicted molar refractivity (Wildman–Crippen MR) is 170 cm³/mol. The van der Waals surface area contributed by atoms with Crippen molar-refractivity contribution < 1.29 is 26.9 Å². The van der Waals surface area contributed by atoms with Crippen LogP contribution in [0.3, 0.4) is 0 Å². The molecular weight excluding hydrogens is 636 g/mol. The van der Waals surface area contributed by atoms with E-state index in [4.69, 9.17) is 4.74 Å². The van der Waals surface area contributed by atoms with Crippen molar-refractivity contribution in [3.8, 4) is 10.6 Å². The molecule has 2 atom stereocenters. The van der Waals surface area contributed by atoms with E-state index in [2.05, 4.69) is 46.2 Å². The lowest BCUT2D eigenvalue weighted by atomic mass is 9.91. The minimum atomic E-state index is -4.71. The summed E-state index contributed by atoms with van der Waals surface area (Å²) in [6.45, 7) is 7.30. The molecule has 3 aliphatic heterocycles. The molecule has 2 aromatic heterocycles. The van der Waals surface area contributed by atoms with E-state index in [9.17, 15) is 22.2 Å². The molecule has 0 spiro atoms. The number of amides is 1. The van der Waals surface area contributed by atoms with Crippen LogP contribution >= 0.6 is 11.3 Å². The molecule has 2 saturated carbocycles. The molecule has 3 fully saturated rings. The number of nitrogens with zero attached hydrogens (tertiary/aromatic N) is 4. The molecule has 0 bridgehead atoms. The zero-order valence-corrected chi connectivity index (χ0v) is 27.4. The van der Waals surface area contributed by atoms with Gasteiger partial charge in [0.05, 0.1) is 38.0 Å². The van der Waals surface area contributed by atoms with Crippen molar-refractivity contribution in [3.05, 3.63) is 51.5 Å². The Labute approximate surface area is 272 Å². The van der Waals surface area contributed by atoms with Crippen LogP contribution in [0.4, 0.5) is 24.8 Å². The molecule has 3 aromatic rings. The van der Waals surface area contributed by atoms with Gasteiger partial charge in [-0.15, -0.1) is 11.3 Å². The van der Waals surface area contributed by atoms with E-state index in [1.54, 1.807) is 4.90 Å². The van der Waals surface area contributed by atoms with Crippen LogP contribution in [0.15, 0.2) is 29.3 Å². The molecule has 1 N–H and O–H groups in total. The lowest BCUT2D eigenvalue weighted by molar-refractivity contribution is -0.191. The Balaban J connectivity index is 1.10. The third-order valence-corrected chi connectivity index (χ3v) is 12.2. The van der Waals surface area contributed by atoms with Crippen molar-refractivity contribution in [1.29, 1.82) is 0 Å². The molecule has 8 nitrogen and oxygen atoms in total. The average Bonchev–Trinajstić information content (AvgIpc) is 3.93. The molecule has 46 heavy (non-hydrogen) atoms. The maximum atomic E-state index is 14.3. The highest BCUT2D eigenvalue weighted by Crippen LogP contribution is 2.47. The van der Waals surface area contributed by atoms with E-state index in [0.717, 1.165) is 86.9 Å². The second-order valence-corrected chi connectivity index (χ2v) is 16.4. The fourth-order valence-electron chi connectivity index (χ4n) is 7.09. The van der Waals surface area contributed by atoms with Crippen LogP contribution in [0.25, 0.3) is 10.6 Å². The van der Waals surface area contributed by atoms with Crippen molar-refractivity contribution in [2.24, 2.45) is 0 Å². The van der Waals surface area contributed by atoms with Crippen LogP contribution in [0.1, 0.15) is 83.8 Å². The van der Waals surface area contributed by atoms with Gasteiger partial charge in [0, 0.05) is 56.3 Å². The van der Waals surface area contributed by atoms with Gasteiger partial charge in [-0.3, -0.25) is 13.9 Å². The number of rotatable bonds is 7. The van der Waals surface area contributed by atoms with Gasteiger partial charge >= 0.3 is 6.18 Å². The summed E-state index contributed by atoms with van der Waals surface area (Å²) in [5.41, 5.74) is 3.12. The van der Waals surface area contributed by atoms with Gasteiger partial charge in [-0.25, -0.2) is 9.97 Å². The van der Waals surface area contributed by atoms with Gasteiger partial charge in [-0.2, -0.15) is 13.2 Å². The number of carbonyl (C=O) groups is 1. The first kappa shape index (κ1) is 30.5. The Morgan fingerprint density at radius 3 is 2.61 bits per heavy atom. The number of anilines is 2. The third kappa shape index (κ3) is 5.88. The van der Waals surface area contributed by atoms with E-state index in [1.807, 2.05) is 0 Å². The molecule has 244 valence electrons. The quantitative estimate of drug-likeness (QED) is 0.307. The Morgan fingerprint density at radius 1 is 1.13 bits per heavy atom. The molecule has 0 radical (unpaired) electrons. The zero-order valence-electron chi connectivity index (χ0n) is 25.8. The van der Waals surface area contributed by atoms with E-state index in [-0.39, 0.29) is 50.8 Å². The maximum absolute atomic E-state index is 14.3. The molecule has 1 aromatic carbocycles. The highest BCUT2D eigenvalue weighted by Gasteiger charge is 2.41. The second-order valence-electron chi connectivity index (χ2n) is 13.8. The fourth-order valence-corrected chi connectivity index (χ4v) is 9.70. The molecule has 5 heterocycles. The summed E-state index contributed by atoms with van der Waals surface area (Å²) < 4.78 is 61.9. The van der Waals surface area contributed by atoms with Gasteiger partial charge in [-0.1, -0.05) is 6.07 Å². The number of fused-ring (bicyclic) bond motifs is 2. The topological polar surface area (TPSA) is 87.7 Å². The van der Waals surface area contributed by atoms with Crippen LogP contribution in [0.2, 0.25) is 0 Å². The van der Waals surface area contributed by atoms with E-state index in [1.165, 1.54) is 17.2 Å². The average molecular weight is 672 g/mol. The van der Waals surface area contributed by atoms with Crippen LogP contribution < -0.4 is 5.32 Å². The summed E-state index contributed by atoms with van der Waals surface area (Å²) in [4.78, 5) is 26.8. The SMILES string of the molecule is CC1(C)CC(CN2CCc3cc(Nc4ncc(C(F)(F)F)c(-c5cc6c(s5)C(=O)N(C5CC5)CCS6=O)n4)c(C4CC4)cc3C2)O1. The second kappa shape index (κ2) is 11.1. The first-order valence-corrected chi connectivity index (χ1v) is 18.2. The summed E-state index contributed by atoms with van der Waals surface area (Å²) in [5, 5.41) is 3.27. The van der Waals surface area contributed by atoms with E-state index < -0.39 is 22.5 Å². The molecule has 5 aliphatic rings. The van der Waals surface area contributed by atoms with Gasteiger partial charge < -0.3 is 15.0 Å². The van der Waals surface area contributed by atoms with E-state index >= 15 is 0 Å². The van der Waals surface area contributed by atoms with Crippen molar-refractivity contribution in [2.75, 3.05) is 30.7 Å². The molecule has 1 amide bonds. The van der Waals surface area contributed by atoms with Crippen LogP contribution in [-0.4, -0.2) is 73.0 Å². The minimum Gasteiger partial charge on any atom is -0.371 e. The zero-order chi connectivity index (χ0) is 32.0. The Kier molecular flexibility index (Phi) is 7.35. The molecule has 8 rings (SSSR count). The Hall–Kier alpha value is -2.87. The van der Waals surface area contributed by atoms with Gasteiger partial charge in [-0.05, 0) is 80.7 Å². The molecule has 1 saturated heterocycles. The lowest BCUT2D eigenvalue weighted by Crippen LogP contribution is -2.51. The Morgan fingerprint density at radius 2 is 1.91 bits per heavy atom. The summed E-state index contributed by atoms with van der Waals surface area (Å²) in [7, 11) is -1.49. The van der Waals surface area contributed by atoms with Crippen LogP contribution in [-0.2, 0) is 34.7 Å². The first-order chi connectivity index (χ1) is 21.9. The highest BCUT2D eigenvalue weighted by atomic mass is 32.2. The standard InChI is InChI=1S/C33H36F3N5O3S2/c1-32(2)14-22(44-32)17-40-8-7-19-12-25(23(18-3-4-18)11-20(19)16-40)38-31-37-15-24(33(34,35)36)28(39-31)26-13-27-29(45-26)30(42)41(21-5-6-21)9-10-46(27)43/h11-13,15,18,21-22H,3-10,14,16-17H2,1-2H3,(H,37,38,39). The molecule has 2 aliphatic carbocycles. The van der Waals surface area contributed by atoms with Crippen molar-refractivity contribution in [1.82, 2.24) is 19.8 Å². The van der Waals surface area contributed by atoms with Crippen molar-refractivity contribution >= 4 is 39.7 Å². The first-order valence-electron chi connectivity index (χ1n) is 16.0. The summed E-state index contributed by atoms with van der Waals surface area (Å²) in [5.74, 6) is 0.450. The number of hydrogen-bond donors (Lipinski definition) is 1. The van der Waals surface area contributed by atoms with Crippen LogP contribution in [0.5, 0.6) is 0 Å². The minimum absolute atomic E-state index is 0.0337. The number of alkyl halides is 3. The predicted octanol–water partition coefficient (Wildman–Crippen LogP) is 6.50. The third-order valence-electron chi connectivity index (χ3n) is 9.62. The number of benzene rings is 1. The molecular formula is C33H36F3N5O3S2. The largest absolute Gasteiger partial charge is 0.420 e. The molecule has 2 unspecified atom stereocenters. The van der Waals surface area contributed by atoms with Crippen molar-refractivity contribution in [3.63, 3.8) is 0 Å². The number of hydrogen-bond acceptors (Lipinski definition) is 8. The summed E-state index contributed by atoms with van der Waals surface area (Å²) in [6, 6.07) is 5.94. The summed E-state index contributed by atoms with van der Waals surface area (Å²) >= 11 is 0.938. The molecule has 13 heteroatoms. The van der Waals surface area contributed by atoms with Gasteiger partial charge in [0.15, 0.2) is 0 Å². The summed E-state index contributed by atoms with van der Waals surface area (Å²) in [6.07, 6.45) is 2.19.